The lowest BCUT2D eigenvalue weighted by Crippen LogP contribution is -2.32. The standard InChI is InChI=1S/C13H22N2O5S/c1-5-20-10(4)7-14-21(18,19)11-6-12(13(16)17)15(8-11)9(2)3/h6,8-10,14H,5,7H2,1-4H3,(H,16,17). The highest BCUT2D eigenvalue weighted by atomic mass is 32.2. The molecule has 2 N–H and O–H groups in total. The van der Waals surface area contributed by atoms with E-state index in [-0.39, 0.29) is 29.3 Å². The molecule has 0 saturated heterocycles. The Hall–Kier alpha value is -1.38. The summed E-state index contributed by atoms with van der Waals surface area (Å²) in [7, 11) is -3.76. The number of aromatic carboxylic acids is 1. The normalized spacial score (nSPS) is 13.6. The molecule has 0 radical (unpaired) electrons. The van der Waals surface area contributed by atoms with Crippen molar-refractivity contribution in [2.45, 2.75) is 44.7 Å². The van der Waals surface area contributed by atoms with Crippen molar-refractivity contribution >= 4 is 16.0 Å². The van der Waals surface area contributed by atoms with Gasteiger partial charge in [0.2, 0.25) is 10.0 Å². The largest absolute Gasteiger partial charge is 0.477 e. The number of nitrogens with zero attached hydrogens (tertiary/aromatic N) is 1. The van der Waals surface area contributed by atoms with Crippen LogP contribution in [0, 0.1) is 0 Å². The fraction of sp³-hybridized carbons (Fsp3) is 0.615. The number of rotatable bonds is 8. The molecule has 1 atom stereocenters. The van der Waals surface area contributed by atoms with Gasteiger partial charge in [-0.1, -0.05) is 0 Å². The Morgan fingerprint density at radius 3 is 2.48 bits per heavy atom. The zero-order chi connectivity index (χ0) is 16.2. The van der Waals surface area contributed by atoms with E-state index in [1.54, 1.807) is 20.8 Å². The lowest BCUT2D eigenvalue weighted by Gasteiger charge is -2.12. The van der Waals surface area contributed by atoms with Crippen molar-refractivity contribution in [3.63, 3.8) is 0 Å². The van der Waals surface area contributed by atoms with Crippen LogP contribution in [0.3, 0.4) is 0 Å². The fourth-order valence-corrected chi connectivity index (χ4v) is 2.99. The summed E-state index contributed by atoms with van der Waals surface area (Å²) < 4.78 is 33.4. The molecule has 1 unspecified atom stereocenters. The first-order chi connectivity index (χ1) is 9.69. The van der Waals surface area contributed by atoms with Crippen LogP contribution < -0.4 is 4.72 Å². The molecule has 7 nitrogen and oxygen atoms in total. The van der Waals surface area contributed by atoms with E-state index < -0.39 is 16.0 Å². The number of carboxylic acids is 1. The zero-order valence-corrected chi connectivity index (χ0v) is 13.5. The van der Waals surface area contributed by atoms with Crippen LogP contribution in [-0.2, 0) is 14.8 Å². The number of aromatic nitrogens is 1. The molecule has 0 aliphatic rings. The third-order valence-corrected chi connectivity index (χ3v) is 4.31. The highest BCUT2D eigenvalue weighted by Crippen LogP contribution is 2.19. The molecule has 120 valence electrons. The van der Waals surface area contributed by atoms with Crippen molar-refractivity contribution in [2.75, 3.05) is 13.2 Å². The van der Waals surface area contributed by atoms with Crippen LogP contribution in [-0.4, -0.2) is 43.3 Å². The second-order valence-corrected chi connectivity index (χ2v) is 6.75. The number of nitrogens with one attached hydrogen (secondary N) is 1. The highest BCUT2D eigenvalue weighted by molar-refractivity contribution is 7.89. The maximum atomic E-state index is 12.2. The Morgan fingerprint density at radius 1 is 1.43 bits per heavy atom. The maximum Gasteiger partial charge on any atom is 0.352 e. The van der Waals surface area contributed by atoms with E-state index in [1.165, 1.54) is 10.8 Å². The summed E-state index contributed by atoms with van der Waals surface area (Å²) in [6, 6.07) is 1.01. The zero-order valence-electron chi connectivity index (χ0n) is 12.7. The number of hydrogen-bond acceptors (Lipinski definition) is 4. The Labute approximate surface area is 125 Å². The van der Waals surface area contributed by atoms with E-state index in [2.05, 4.69) is 4.72 Å². The van der Waals surface area contributed by atoms with Gasteiger partial charge in [0, 0.05) is 25.4 Å². The summed E-state index contributed by atoms with van der Waals surface area (Å²) in [5.41, 5.74) is -0.0526. The molecule has 0 aliphatic heterocycles. The van der Waals surface area contributed by atoms with Gasteiger partial charge in [0.25, 0.3) is 0 Å². The molecular formula is C13H22N2O5S. The molecule has 0 saturated carbocycles. The molecule has 0 aromatic carbocycles. The minimum Gasteiger partial charge on any atom is -0.477 e. The van der Waals surface area contributed by atoms with Crippen LogP contribution in [0.4, 0.5) is 0 Å². The fourth-order valence-electron chi connectivity index (χ4n) is 1.85. The van der Waals surface area contributed by atoms with Gasteiger partial charge >= 0.3 is 5.97 Å². The number of ether oxygens (including phenoxy) is 1. The quantitative estimate of drug-likeness (QED) is 0.756. The second kappa shape index (κ2) is 7.06. The minimum atomic E-state index is -3.76. The van der Waals surface area contributed by atoms with Gasteiger partial charge < -0.3 is 14.4 Å². The molecule has 0 bridgehead atoms. The van der Waals surface area contributed by atoms with Gasteiger partial charge in [0.1, 0.15) is 10.6 Å². The van der Waals surface area contributed by atoms with E-state index in [9.17, 15) is 13.2 Å². The van der Waals surface area contributed by atoms with E-state index in [4.69, 9.17) is 9.84 Å². The third-order valence-electron chi connectivity index (χ3n) is 2.92. The maximum absolute atomic E-state index is 12.2. The summed E-state index contributed by atoms with van der Waals surface area (Å²) >= 11 is 0. The van der Waals surface area contributed by atoms with Gasteiger partial charge in [-0.2, -0.15) is 0 Å². The highest BCUT2D eigenvalue weighted by Gasteiger charge is 2.22. The Kier molecular flexibility index (Phi) is 5.94. The van der Waals surface area contributed by atoms with Crippen LogP contribution in [0.2, 0.25) is 0 Å². The Morgan fingerprint density at radius 2 is 2.05 bits per heavy atom. The van der Waals surface area contributed by atoms with E-state index in [1.807, 2.05) is 6.92 Å². The smallest absolute Gasteiger partial charge is 0.352 e. The average molecular weight is 318 g/mol. The number of hydrogen-bond donors (Lipinski definition) is 2. The van der Waals surface area contributed by atoms with Crippen molar-refractivity contribution in [1.82, 2.24) is 9.29 Å². The van der Waals surface area contributed by atoms with E-state index >= 15 is 0 Å². The third kappa shape index (κ3) is 4.55. The number of carbonyl (C=O) groups is 1. The van der Waals surface area contributed by atoms with Gasteiger partial charge in [-0.3, -0.25) is 0 Å². The van der Waals surface area contributed by atoms with Gasteiger partial charge in [0.05, 0.1) is 6.10 Å². The molecule has 0 amide bonds. The molecule has 8 heteroatoms. The lowest BCUT2D eigenvalue weighted by molar-refractivity contribution is 0.0683. The molecule has 1 aromatic rings. The summed E-state index contributed by atoms with van der Waals surface area (Å²) in [5.74, 6) is -1.16. The van der Waals surface area contributed by atoms with Crippen LogP contribution in [0.15, 0.2) is 17.2 Å². The summed E-state index contributed by atoms with van der Waals surface area (Å²) in [4.78, 5) is 11.1. The summed E-state index contributed by atoms with van der Waals surface area (Å²) in [6.07, 6.45) is 1.08. The van der Waals surface area contributed by atoms with Crippen molar-refractivity contribution in [3.8, 4) is 0 Å². The van der Waals surface area contributed by atoms with Crippen molar-refractivity contribution in [1.29, 1.82) is 0 Å². The van der Waals surface area contributed by atoms with Crippen molar-refractivity contribution in [2.24, 2.45) is 0 Å². The average Bonchev–Trinajstić information content (AvgIpc) is 2.83. The first kappa shape index (κ1) is 17.7. The topological polar surface area (TPSA) is 97.6 Å². The first-order valence-electron chi connectivity index (χ1n) is 6.75. The van der Waals surface area contributed by atoms with Crippen LogP contribution in [0.25, 0.3) is 0 Å². The van der Waals surface area contributed by atoms with Gasteiger partial charge in [-0.05, 0) is 33.8 Å². The van der Waals surface area contributed by atoms with Crippen molar-refractivity contribution < 1.29 is 23.1 Å². The van der Waals surface area contributed by atoms with E-state index in [0.717, 1.165) is 6.07 Å². The first-order valence-corrected chi connectivity index (χ1v) is 8.23. The Balaban J connectivity index is 2.98. The number of carboxylic acid groups (broad SMARTS) is 1. The Bertz CT molecular complexity index is 592. The van der Waals surface area contributed by atoms with Gasteiger partial charge in [-0.15, -0.1) is 0 Å². The molecule has 1 aromatic heterocycles. The number of sulfonamides is 1. The molecule has 1 rings (SSSR count). The summed E-state index contributed by atoms with van der Waals surface area (Å²) in [5, 5.41) is 9.13. The molecule has 21 heavy (non-hydrogen) atoms. The predicted octanol–water partition coefficient (Wildman–Crippen LogP) is 1.47. The van der Waals surface area contributed by atoms with Crippen LogP contribution in [0.1, 0.15) is 44.2 Å². The molecule has 0 spiro atoms. The van der Waals surface area contributed by atoms with Gasteiger partial charge in [0.15, 0.2) is 0 Å². The minimum absolute atomic E-state index is 0.0526. The van der Waals surface area contributed by atoms with Gasteiger partial charge in [-0.25, -0.2) is 17.9 Å². The second-order valence-electron chi connectivity index (χ2n) is 4.99. The van der Waals surface area contributed by atoms with Crippen molar-refractivity contribution in [3.05, 3.63) is 18.0 Å². The van der Waals surface area contributed by atoms with Crippen LogP contribution >= 0.6 is 0 Å². The van der Waals surface area contributed by atoms with Crippen LogP contribution in [0.5, 0.6) is 0 Å². The molecule has 0 fully saturated rings. The predicted molar refractivity (Wildman–Crippen MR) is 78.1 cm³/mol. The summed E-state index contributed by atoms with van der Waals surface area (Å²) in [6.45, 7) is 7.78. The monoisotopic (exact) mass is 318 g/mol. The lowest BCUT2D eigenvalue weighted by atomic mass is 10.3. The molecule has 0 aliphatic carbocycles. The van der Waals surface area contributed by atoms with E-state index in [0.29, 0.717) is 6.61 Å². The molecule has 1 heterocycles. The SMILES string of the molecule is CCOC(C)CNS(=O)(=O)c1cc(C(=O)O)n(C(C)C)c1. The molecular weight excluding hydrogens is 296 g/mol.